The molecule has 2 saturated heterocycles. The van der Waals surface area contributed by atoms with E-state index in [0.717, 1.165) is 12.8 Å². The summed E-state index contributed by atoms with van der Waals surface area (Å²) < 4.78 is 28.5. The quantitative estimate of drug-likeness (QED) is 0.774. The van der Waals surface area contributed by atoms with Gasteiger partial charge in [0.1, 0.15) is 0 Å². The number of ether oxygens (including phenoxy) is 1. The van der Waals surface area contributed by atoms with Gasteiger partial charge in [-0.3, -0.25) is 9.59 Å². The van der Waals surface area contributed by atoms with E-state index in [2.05, 4.69) is 6.92 Å². The normalized spacial score (nSPS) is 22.6. The van der Waals surface area contributed by atoms with E-state index in [1.54, 1.807) is 4.90 Å². The molecule has 2 bridgehead atoms. The zero-order valence-electron chi connectivity index (χ0n) is 16.0. The van der Waals surface area contributed by atoms with Crippen LogP contribution in [0.1, 0.15) is 36.5 Å². The molecular formula is C19H27N3O5S. The van der Waals surface area contributed by atoms with Crippen LogP contribution in [0, 0.1) is 5.92 Å². The number of carbonyl (C=O) groups is 2. The number of benzene rings is 1. The van der Waals surface area contributed by atoms with Crippen LogP contribution in [-0.4, -0.2) is 68.9 Å². The first-order chi connectivity index (χ1) is 13.3. The lowest BCUT2D eigenvalue weighted by atomic mass is 10.1. The summed E-state index contributed by atoms with van der Waals surface area (Å²) in [6, 6.07) is 5.47. The highest BCUT2D eigenvalue weighted by Gasteiger charge is 2.37. The summed E-state index contributed by atoms with van der Waals surface area (Å²) in [5.74, 6) is 0.000556. The molecule has 2 aliphatic heterocycles. The first-order valence-corrected chi connectivity index (χ1v) is 11.1. The fourth-order valence-corrected chi connectivity index (χ4v) is 4.27. The predicted octanol–water partition coefficient (Wildman–Crippen LogP) is 0.824. The third kappa shape index (κ3) is 4.71. The molecule has 2 amide bonds. The topological polar surface area (TPSA) is 110 Å². The van der Waals surface area contributed by atoms with Crippen LogP contribution in [0.5, 0.6) is 0 Å². The summed E-state index contributed by atoms with van der Waals surface area (Å²) in [5.41, 5.74) is 0.400. The summed E-state index contributed by atoms with van der Waals surface area (Å²) in [6.07, 6.45) is 2.33. The minimum Gasteiger partial charge on any atom is -0.379 e. The number of sulfonamides is 1. The summed E-state index contributed by atoms with van der Waals surface area (Å²) in [5, 5.41) is 5.11. The molecule has 3 rings (SSSR count). The van der Waals surface area contributed by atoms with Crippen LogP contribution in [0.4, 0.5) is 0 Å². The fraction of sp³-hybridized carbons (Fsp3) is 0.579. The van der Waals surface area contributed by atoms with E-state index in [1.807, 2.05) is 4.90 Å². The summed E-state index contributed by atoms with van der Waals surface area (Å²) >= 11 is 0. The van der Waals surface area contributed by atoms with Gasteiger partial charge >= 0.3 is 0 Å². The molecule has 2 atom stereocenters. The molecule has 2 heterocycles. The minimum absolute atomic E-state index is 0.0297. The van der Waals surface area contributed by atoms with E-state index in [4.69, 9.17) is 9.88 Å². The van der Waals surface area contributed by atoms with Crippen LogP contribution >= 0.6 is 0 Å². The SMILES string of the molecule is CCCCC(=O)N1C[C@H]2COC[C@@H]1CN(C(=O)c1ccc(S(N)(=O)=O)cc1)C2. The number of rotatable bonds is 5. The number of nitrogens with zero attached hydrogens (tertiary/aromatic N) is 2. The number of carbonyl (C=O) groups excluding carboxylic acids is 2. The Kier molecular flexibility index (Phi) is 6.36. The molecule has 0 radical (unpaired) electrons. The van der Waals surface area contributed by atoms with Gasteiger partial charge in [-0.15, -0.1) is 0 Å². The van der Waals surface area contributed by atoms with Gasteiger partial charge in [0, 0.05) is 37.5 Å². The van der Waals surface area contributed by atoms with Gasteiger partial charge < -0.3 is 14.5 Å². The second kappa shape index (κ2) is 8.59. The van der Waals surface area contributed by atoms with Crippen molar-refractivity contribution in [3.05, 3.63) is 29.8 Å². The van der Waals surface area contributed by atoms with Crippen LogP contribution in [0.3, 0.4) is 0 Å². The van der Waals surface area contributed by atoms with Gasteiger partial charge in [-0.2, -0.15) is 0 Å². The van der Waals surface area contributed by atoms with Gasteiger partial charge in [-0.1, -0.05) is 13.3 Å². The summed E-state index contributed by atoms with van der Waals surface area (Å²) in [7, 11) is -3.80. The highest BCUT2D eigenvalue weighted by Crippen LogP contribution is 2.23. The number of hydrogen-bond donors (Lipinski definition) is 1. The smallest absolute Gasteiger partial charge is 0.253 e. The number of unbranched alkanes of at least 4 members (excludes halogenated alkanes) is 1. The van der Waals surface area contributed by atoms with Gasteiger partial charge in [0.15, 0.2) is 0 Å². The molecule has 0 saturated carbocycles. The molecule has 0 unspecified atom stereocenters. The zero-order chi connectivity index (χ0) is 20.3. The van der Waals surface area contributed by atoms with E-state index in [0.29, 0.717) is 44.8 Å². The Bertz CT molecular complexity index is 824. The van der Waals surface area contributed by atoms with Gasteiger partial charge in [0.05, 0.1) is 24.2 Å². The lowest BCUT2D eigenvalue weighted by molar-refractivity contribution is -0.134. The van der Waals surface area contributed by atoms with Crippen molar-refractivity contribution in [3.63, 3.8) is 0 Å². The van der Waals surface area contributed by atoms with Crippen LogP contribution in [0.15, 0.2) is 29.2 Å². The standard InChI is InChI=1S/C19H27N3O5S/c1-2-3-4-18(23)22-10-14-9-21(11-16(22)13-27-12-14)19(24)15-5-7-17(8-6-15)28(20,25)26/h5-8,14,16H,2-4,9-13H2,1H3,(H2,20,25,26)/t14-,16-/m0/s1. The van der Waals surface area contributed by atoms with Crippen LogP contribution < -0.4 is 5.14 Å². The Hall–Kier alpha value is -1.97. The van der Waals surface area contributed by atoms with Crippen molar-refractivity contribution in [1.82, 2.24) is 9.80 Å². The van der Waals surface area contributed by atoms with Gasteiger partial charge in [-0.05, 0) is 30.7 Å². The lowest BCUT2D eigenvalue weighted by Crippen LogP contribution is -2.47. The van der Waals surface area contributed by atoms with Crippen molar-refractivity contribution in [2.75, 3.05) is 32.8 Å². The van der Waals surface area contributed by atoms with E-state index in [9.17, 15) is 18.0 Å². The number of hydrogen-bond acceptors (Lipinski definition) is 5. The third-order valence-corrected chi connectivity index (χ3v) is 6.18. The van der Waals surface area contributed by atoms with E-state index in [1.165, 1.54) is 24.3 Å². The summed E-state index contributed by atoms with van der Waals surface area (Å²) in [6.45, 7) is 4.50. The molecule has 8 nitrogen and oxygen atoms in total. The molecule has 2 N–H and O–H groups in total. The van der Waals surface area contributed by atoms with Gasteiger partial charge in [0.25, 0.3) is 5.91 Å². The van der Waals surface area contributed by atoms with Crippen molar-refractivity contribution in [3.8, 4) is 0 Å². The van der Waals surface area contributed by atoms with Crippen LogP contribution in [0.25, 0.3) is 0 Å². The molecule has 0 spiro atoms. The van der Waals surface area contributed by atoms with Crippen molar-refractivity contribution >= 4 is 21.8 Å². The monoisotopic (exact) mass is 409 g/mol. The molecule has 0 aromatic heterocycles. The minimum atomic E-state index is -3.80. The average molecular weight is 410 g/mol. The van der Waals surface area contributed by atoms with Crippen molar-refractivity contribution in [2.24, 2.45) is 11.1 Å². The Morgan fingerprint density at radius 1 is 1.14 bits per heavy atom. The highest BCUT2D eigenvalue weighted by molar-refractivity contribution is 7.89. The molecule has 154 valence electrons. The van der Waals surface area contributed by atoms with Crippen molar-refractivity contribution < 1.29 is 22.7 Å². The van der Waals surface area contributed by atoms with Gasteiger partial charge in [0.2, 0.25) is 15.9 Å². The Morgan fingerprint density at radius 2 is 1.86 bits per heavy atom. The first-order valence-electron chi connectivity index (χ1n) is 9.59. The molecule has 1 aromatic carbocycles. The number of amides is 2. The fourth-order valence-electron chi connectivity index (χ4n) is 3.76. The highest BCUT2D eigenvalue weighted by atomic mass is 32.2. The summed E-state index contributed by atoms with van der Waals surface area (Å²) in [4.78, 5) is 29.2. The second-order valence-electron chi connectivity index (χ2n) is 7.49. The van der Waals surface area contributed by atoms with Crippen LogP contribution in [-0.2, 0) is 19.6 Å². The van der Waals surface area contributed by atoms with E-state index in [-0.39, 0.29) is 28.7 Å². The first kappa shape index (κ1) is 20.8. The largest absolute Gasteiger partial charge is 0.379 e. The van der Waals surface area contributed by atoms with Crippen LogP contribution in [0.2, 0.25) is 0 Å². The number of primary sulfonamides is 1. The van der Waals surface area contributed by atoms with Crippen molar-refractivity contribution in [1.29, 1.82) is 0 Å². The maximum Gasteiger partial charge on any atom is 0.253 e. The van der Waals surface area contributed by atoms with E-state index >= 15 is 0 Å². The van der Waals surface area contributed by atoms with Gasteiger partial charge in [-0.25, -0.2) is 13.6 Å². The Balaban J connectivity index is 1.76. The average Bonchev–Trinajstić information content (AvgIpc) is 2.96. The predicted molar refractivity (Wildman–Crippen MR) is 103 cm³/mol. The molecule has 9 heteroatoms. The third-order valence-electron chi connectivity index (χ3n) is 5.25. The number of fused-ring (bicyclic) bond motifs is 3. The second-order valence-corrected chi connectivity index (χ2v) is 9.05. The lowest BCUT2D eigenvalue weighted by Gasteiger charge is -2.31. The Morgan fingerprint density at radius 3 is 2.50 bits per heavy atom. The number of nitrogens with two attached hydrogens (primary N) is 1. The molecule has 2 aliphatic rings. The van der Waals surface area contributed by atoms with E-state index < -0.39 is 10.0 Å². The Labute approximate surface area is 165 Å². The maximum absolute atomic E-state index is 13.0. The molecule has 1 aromatic rings. The van der Waals surface area contributed by atoms with Crippen molar-refractivity contribution in [2.45, 2.75) is 37.1 Å². The molecule has 0 aliphatic carbocycles. The zero-order valence-corrected chi connectivity index (χ0v) is 16.9. The molecule has 28 heavy (non-hydrogen) atoms. The molecular weight excluding hydrogens is 382 g/mol. The molecule has 2 fully saturated rings. The maximum atomic E-state index is 13.0.